The van der Waals surface area contributed by atoms with E-state index in [1.54, 1.807) is 36.2 Å². The van der Waals surface area contributed by atoms with Gasteiger partial charge in [-0.3, -0.25) is 9.59 Å². The van der Waals surface area contributed by atoms with Crippen LogP contribution in [-0.2, 0) is 4.79 Å². The molecule has 0 atom stereocenters. The summed E-state index contributed by atoms with van der Waals surface area (Å²) in [5, 5.41) is 0.584. The normalized spacial score (nSPS) is 10.4. The van der Waals surface area contributed by atoms with Gasteiger partial charge in [0.25, 0.3) is 0 Å². The molecule has 25 heavy (non-hydrogen) atoms. The summed E-state index contributed by atoms with van der Waals surface area (Å²) in [5.74, 6) is 0.647. The number of halogens is 1. The maximum absolute atomic E-state index is 12.1. The number of Topliss-reactive ketones (excluding diaryl/α,β-unsaturated/α-hetero) is 1. The second-order valence-electron chi connectivity index (χ2n) is 5.91. The lowest BCUT2D eigenvalue weighted by Gasteiger charge is -2.17. The summed E-state index contributed by atoms with van der Waals surface area (Å²) in [6.45, 7) is 2.90. The molecule has 2 aromatic carbocycles. The Morgan fingerprint density at radius 1 is 1.00 bits per heavy atom. The fourth-order valence-corrected chi connectivity index (χ4v) is 2.38. The number of ketones is 1. The van der Waals surface area contributed by atoms with Crippen molar-refractivity contribution in [1.82, 2.24) is 4.90 Å². The topological polar surface area (TPSA) is 46.6 Å². The minimum atomic E-state index is -0.0742. The minimum Gasteiger partial charge on any atom is -0.492 e. The number of amides is 1. The van der Waals surface area contributed by atoms with Gasteiger partial charge in [0.1, 0.15) is 12.4 Å². The molecule has 1 amide bonds. The van der Waals surface area contributed by atoms with E-state index in [4.69, 9.17) is 16.3 Å². The van der Waals surface area contributed by atoms with Crippen molar-refractivity contribution in [2.24, 2.45) is 0 Å². The van der Waals surface area contributed by atoms with Gasteiger partial charge in [-0.25, -0.2) is 0 Å². The SMILES string of the molecule is Cc1ccc(OCCN(C)C(=O)CCC(=O)c2ccc(Cl)cc2)cc1. The average Bonchev–Trinajstić information content (AvgIpc) is 2.61. The second-order valence-corrected chi connectivity index (χ2v) is 6.34. The van der Waals surface area contributed by atoms with Crippen molar-refractivity contribution in [1.29, 1.82) is 0 Å². The fraction of sp³-hybridized carbons (Fsp3) is 0.300. The third-order valence-electron chi connectivity index (χ3n) is 3.87. The van der Waals surface area contributed by atoms with Crippen LogP contribution in [0, 0.1) is 6.92 Å². The number of carbonyl (C=O) groups excluding carboxylic acids is 2. The molecule has 2 aromatic rings. The minimum absolute atomic E-state index is 0.0608. The molecule has 0 spiro atoms. The van der Waals surface area contributed by atoms with Gasteiger partial charge >= 0.3 is 0 Å². The van der Waals surface area contributed by atoms with E-state index in [0.717, 1.165) is 5.75 Å². The van der Waals surface area contributed by atoms with E-state index in [0.29, 0.717) is 23.7 Å². The van der Waals surface area contributed by atoms with Crippen LogP contribution in [0.4, 0.5) is 0 Å². The summed E-state index contributed by atoms with van der Waals surface area (Å²) in [4.78, 5) is 25.8. The van der Waals surface area contributed by atoms with Crippen LogP contribution in [0.5, 0.6) is 5.75 Å². The van der Waals surface area contributed by atoms with E-state index in [-0.39, 0.29) is 24.5 Å². The van der Waals surface area contributed by atoms with Crippen molar-refractivity contribution in [2.75, 3.05) is 20.2 Å². The summed E-state index contributed by atoms with van der Waals surface area (Å²) in [6.07, 6.45) is 0.367. The first-order valence-corrected chi connectivity index (χ1v) is 8.55. The largest absolute Gasteiger partial charge is 0.492 e. The highest BCUT2D eigenvalue weighted by Gasteiger charge is 2.13. The molecular formula is C20H22ClNO3. The van der Waals surface area contributed by atoms with Crippen LogP contribution < -0.4 is 4.74 Å². The molecule has 0 saturated carbocycles. The van der Waals surface area contributed by atoms with Crippen molar-refractivity contribution in [2.45, 2.75) is 19.8 Å². The first-order chi connectivity index (χ1) is 12.0. The number of carbonyl (C=O) groups is 2. The van der Waals surface area contributed by atoms with Crippen LogP contribution in [0.1, 0.15) is 28.8 Å². The molecule has 132 valence electrons. The van der Waals surface area contributed by atoms with Gasteiger partial charge in [0.15, 0.2) is 5.78 Å². The number of nitrogens with zero attached hydrogens (tertiary/aromatic N) is 1. The third kappa shape index (κ3) is 6.24. The maximum atomic E-state index is 12.1. The van der Waals surface area contributed by atoms with Gasteiger partial charge in [-0.05, 0) is 43.3 Å². The quantitative estimate of drug-likeness (QED) is 0.665. The highest BCUT2D eigenvalue weighted by molar-refractivity contribution is 6.30. The van der Waals surface area contributed by atoms with Crippen molar-refractivity contribution < 1.29 is 14.3 Å². The van der Waals surface area contributed by atoms with E-state index in [1.165, 1.54) is 5.56 Å². The Morgan fingerprint density at radius 3 is 2.28 bits per heavy atom. The average molecular weight is 360 g/mol. The smallest absolute Gasteiger partial charge is 0.222 e. The van der Waals surface area contributed by atoms with E-state index in [9.17, 15) is 9.59 Å². The van der Waals surface area contributed by atoms with Crippen LogP contribution in [0.25, 0.3) is 0 Å². The summed E-state index contributed by atoms with van der Waals surface area (Å²) < 4.78 is 5.61. The first kappa shape index (κ1) is 19.0. The van der Waals surface area contributed by atoms with Gasteiger partial charge in [0.05, 0.1) is 6.54 Å². The number of hydrogen-bond donors (Lipinski definition) is 0. The molecule has 0 heterocycles. The molecule has 4 nitrogen and oxygen atoms in total. The molecule has 0 aromatic heterocycles. The zero-order valence-corrected chi connectivity index (χ0v) is 15.3. The predicted molar refractivity (Wildman–Crippen MR) is 99.3 cm³/mol. The molecule has 0 aliphatic rings. The van der Waals surface area contributed by atoms with Gasteiger partial charge in [0, 0.05) is 30.5 Å². The number of likely N-dealkylation sites (N-methyl/N-ethyl adjacent to an activating group) is 1. The highest BCUT2D eigenvalue weighted by atomic mass is 35.5. The molecule has 0 aliphatic heterocycles. The Balaban J connectivity index is 1.71. The van der Waals surface area contributed by atoms with E-state index in [2.05, 4.69) is 0 Å². The zero-order valence-electron chi connectivity index (χ0n) is 14.5. The van der Waals surface area contributed by atoms with Crippen LogP contribution >= 0.6 is 11.6 Å². The van der Waals surface area contributed by atoms with Crippen molar-refractivity contribution in [3.8, 4) is 5.75 Å². The molecule has 0 aliphatic carbocycles. The summed E-state index contributed by atoms with van der Waals surface area (Å²) in [7, 11) is 1.72. The van der Waals surface area contributed by atoms with Crippen LogP contribution in [0.3, 0.4) is 0 Å². The van der Waals surface area contributed by atoms with Gasteiger partial charge in [0.2, 0.25) is 5.91 Å². The highest BCUT2D eigenvalue weighted by Crippen LogP contribution is 2.13. The number of ether oxygens (including phenoxy) is 1. The van der Waals surface area contributed by atoms with Crippen LogP contribution in [0.15, 0.2) is 48.5 Å². The summed E-state index contributed by atoms with van der Waals surface area (Å²) in [5.41, 5.74) is 1.74. The summed E-state index contributed by atoms with van der Waals surface area (Å²) >= 11 is 5.80. The van der Waals surface area contributed by atoms with Gasteiger partial charge in [-0.2, -0.15) is 0 Å². The number of rotatable bonds is 8. The third-order valence-corrected chi connectivity index (χ3v) is 4.13. The maximum Gasteiger partial charge on any atom is 0.222 e. The Hall–Kier alpha value is -2.33. The van der Waals surface area contributed by atoms with E-state index in [1.807, 2.05) is 31.2 Å². The molecule has 5 heteroatoms. The number of aryl methyl sites for hydroxylation is 1. The molecular weight excluding hydrogens is 338 g/mol. The monoisotopic (exact) mass is 359 g/mol. The van der Waals surface area contributed by atoms with Crippen LogP contribution in [-0.4, -0.2) is 36.8 Å². The fourth-order valence-electron chi connectivity index (χ4n) is 2.25. The lowest BCUT2D eigenvalue weighted by Crippen LogP contribution is -2.31. The van der Waals surface area contributed by atoms with Crippen molar-refractivity contribution in [3.05, 3.63) is 64.7 Å². The Labute approximate surface area is 153 Å². The predicted octanol–water partition coefficient (Wildman–Crippen LogP) is 4.15. The number of hydrogen-bond acceptors (Lipinski definition) is 3. The number of benzene rings is 2. The van der Waals surface area contributed by atoms with E-state index < -0.39 is 0 Å². The van der Waals surface area contributed by atoms with Gasteiger partial charge < -0.3 is 9.64 Å². The van der Waals surface area contributed by atoms with Crippen molar-refractivity contribution >= 4 is 23.3 Å². The molecule has 0 N–H and O–H groups in total. The standard InChI is InChI=1S/C20H22ClNO3/c1-15-3-9-18(10-4-15)25-14-13-22(2)20(24)12-11-19(23)16-5-7-17(21)8-6-16/h3-10H,11-14H2,1-2H3. The Morgan fingerprint density at radius 2 is 1.64 bits per heavy atom. The summed E-state index contributed by atoms with van der Waals surface area (Å²) in [6, 6.07) is 14.5. The second kappa shape index (κ2) is 9.23. The molecule has 0 radical (unpaired) electrons. The zero-order chi connectivity index (χ0) is 18.2. The Bertz CT molecular complexity index is 711. The molecule has 0 unspecified atom stereocenters. The molecule has 0 saturated heterocycles. The molecule has 0 bridgehead atoms. The Kier molecular flexibility index (Phi) is 7.02. The van der Waals surface area contributed by atoms with Gasteiger partial charge in [-0.1, -0.05) is 29.3 Å². The first-order valence-electron chi connectivity index (χ1n) is 8.18. The van der Waals surface area contributed by atoms with E-state index >= 15 is 0 Å². The van der Waals surface area contributed by atoms with Gasteiger partial charge in [-0.15, -0.1) is 0 Å². The molecule has 2 rings (SSSR count). The lowest BCUT2D eigenvalue weighted by molar-refractivity contribution is -0.130. The lowest BCUT2D eigenvalue weighted by atomic mass is 10.1. The molecule has 0 fully saturated rings. The van der Waals surface area contributed by atoms with Crippen LogP contribution in [0.2, 0.25) is 5.02 Å². The van der Waals surface area contributed by atoms with Crippen molar-refractivity contribution in [3.63, 3.8) is 0 Å².